The third kappa shape index (κ3) is 3.96. The fourth-order valence-electron chi connectivity index (χ4n) is 2.77. The number of amidine groups is 1. The molecule has 1 aliphatic heterocycles. The molecule has 1 unspecified atom stereocenters. The summed E-state index contributed by atoms with van der Waals surface area (Å²) in [6.07, 6.45) is 0.937. The number of nitrogens with one attached hydrogen (secondary N) is 2. The van der Waals surface area contributed by atoms with Crippen LogP contribution < -0.4 is 10.6 Å². The quantitative estimate of drug-likeness (QED) is 0.676. The van der Waals surface area contributed by atoms with Crippen molar-refractivity contribution in [1.82, 2.24) is 4.98 Å². The summed E-state index contributed by atoms with van der Waals surface area (Å²) in [5.41, 5.74) is 3.50. The minimum absolute atomic E-state index is 0.403. The first kappa shape index (κ1) is 16.4. The van der Waals surface area contributed by atoms with Crippen molar-refractivity contribution in [2.75, 3.05) is 22.9 Å². The number of rotatable bonds is 5. The normalized spacial score (nSPS) is 16.8. The maximum absolute atomic E-state index is 4.63. The molecule has 0 bridgehead atoms. The van der Waals surface area contributed by atoms with E-state index in [-0.39, 0.29) is 0 Å². The zero-order valence-corrected chi connectivity index (χ0v) is 15.7. The van der Waals surface area contributed by atoms with Crippen molar-refractivity contribution >= 4 is 49.3 Å². The summed E-state index contributed by atoms with van der Waals surface area (Å²) in [5.74, 6) is 1.06. The van der Waals surface area contributed by atoms with E-state index in [9.17, 15) is 0 Å². The third-order valence-corrected chi connectivity index (χ3v) is 6.15. The second-order valence-electron chi connectivity index (χ2n) is 6.04. The highest BCUT2D eigenvalue weighted by molar-refractivity contribution is 8.14. The predicted octanol–water partition coefficient (Wildman–Crippen LogP) is 4.85. The first-order valence-electron chi connectivity index (χ1n) is 8.43. The summed E-state index contributed by atoms with van der Waals surface area (Å²) in [6.45, 7) is 3.00. The third-order valence-electron chi connectivity index (χ3n) is 4.02. The molecule has 0 fully saturated rings. The number of nitrogens with zero attached hydrogens (tertiary/aromatic N) is 2. The molecule has 0 aliphatic carbocycles. The van der Waals surface area contributed by atoms with Crippen molar-refractivity contribution in [3.05, 3.63) is 54.1 Å². The number of para-hydroxylation sites is 2. The molecule has 1 aliphatic rings. The van der Waals surface area contributed by atoms with Gasteiger partial charge in [0.15, 0.2) is 10.3 Å². The van der Waals surface area contributed by atoms with Gasteiger partial charge in [-0.15, -0.1) is 0 Å². The molecular formula is C19H20N4S2. The smallest absolute Gasteiger partial charge is 0.183 e. The summed E-state index contributed by atoms with van der Waals surface area (Å²) in [7, 11) is 0. The Hall–Kier alpha value is -2.05. The summed E-state index contributed by atoms with van der Waals surface area (Å²) in [4.78, 5) is 9.25. The lowest BCUT2D eigenvalue weighted by Gasteiger charge is -2.11. The number of fused-ring (bicyclic) bond motifs is 1. The zero-order chi connectivity index (χ0) is 17.1. The number of thiazole rings is 1. The highest BCUT2D eigenvalue weighted by atomic mass is 32.2. The van der Waals surface area contributed by atoms with E-state index >= 15 is 0 Å². The van der Waals surface area contributed by atoms with E-state index < -0.39 is 0 Å². The van der Waals surface area contributed by atoms with Gasteiger partial charge in [0.2, 0.25) is 0 Å². The number of benzene rings is 2. The topological polar surface area (TPSA) is 49.3 Å². The Bertz CT molecular complexity index is 870. The number of hydrogen-bond donors (Lipinski definition) is 2. The summed E-state index contributed by atoms with van der Waals surface area (Å²) in [5, 5.41) is 8.95. The van der Waals surface area contributed by atoms with Crippen molar-refractivity contribution in [1.29, 1.82) is 0 Å². The first-order valence-corrected chi connectivity index (χ1v) is 10.2. The van der Waals surface area contributed by atoms with E-state index in [0.717, 1.165) is 40.2 Å². The van der Waals surface area contributed by atoms with Crippen LogP contribution in [0.3, 0.4) is 0 Å². The standard InChI is InChI=1S/C19H20N4S2/c1-13-12-24-19(21-13)22-15-7-3-2-6-14(15)10-11-20-18-23-16-8-4-5-9-17(16)25-18/h2-9,13H,10-12H2,1H3,(H,20,23)(H,21,22). The van der Waals surface area contributed by atoms with Crippen LogP contribution in [0.5, 0.6) is 0 Å². The minimum atomic E-state index is 0.403. The van der Waals surface area contributed by atoms with E-state index in [4.69, 9.17) is 0 Å². The second kappa shape index (κ2) is 7.45. The van der Waals surface area contributed by atoms with E-state index in [1.54, 1.807) is 23.1 Å². The van der Waals surface area contributed by atoms with Crippen LogP contribution in [0, 0.1) is 0 Å². The molecule has 2 heterocycles. The molecule has 128 valence electrons. The van der Waals surface area contributed by atoms with Gasteiger partial charge >= 0.3 is 0 Å². The molecule has 1 atom stereocenters. The molecule has 0 spiro atoms. The van der Waals surface area contributed by atoms with Crippen LogP contribution >= 0.6 is 23.1 Å². The van der Waals surface area contributed by atoms with Crippen LogP contribution in [0.15, 0.2) is 53.5 Å². The van der Waals surface area contributed by atoms with Gasteiger partial charge in [-0.05, 0) is 37.1 Å². The Labute approximate surface area is 155 Å². The lowest BCUT2D eigenvalue weighted by Crippen LogP contribution is -2.10. The Balaban J connectivity index is 1.40. The van der Waals surface area contributed by atoms with Gasteiger partial charge in [0.1, 0.15) is 0 Å². The lowest BCUT2D eigenvalue weighted by molar-refractivity contribution is 0.865. The van der Waals surface area contributed by atoms with Crippen molar-refractivity contribution in [2.45, 2.75) is 19.4 Å². The maximum atomic E-state index is 4.63. The molecule has 0 amide bonds. The van der Waals surface area contributed by atoms with Crippen LogP contribution in [0.1, 0.15) is 12.5 Å². The lowest BCUT2D eigenvalue weighted by atomic mass is 10.1. The van der Waals surface area contributed by atoms with Gasteiger partial charge in [0.05, 0.1) is 16.3 Å². The van der Waals surface area contributed by atoms with Crippen LogP contribution in [-0.4, -0.2) is 28.5 Å². The van der Waals surface area contributed by atoms with Crippen molar-refractivity contribution in [3.63, 3.8) is 0 Å². The van der Waals surface area contributed by atoms with Gasteiger partial charge in [-0.2, -0.15) is 0 Å². The van der Waals surface area contributed by atoms with Crippen LogP contribution in [-0.2, 0) is 6.42 Å². The summed E-state index contributed by atoms with van der Waals surface area (Å²) in [6, 6.07) is 17.1. The largest absolute Gasteiger partial charge is 0.361 e. The van der Waals surface area contributed by atoms with E-state index in [0.29, 0.717) is 6.04 Å². The second-order valence-corrected chi connectivity index (χ2v) is 8.08. The van der Waals surface area contributed by atoms with Crippen molar-refractivity contribution in [2.24, 2.45) is 4.99 Å². The first-order chi connectivity index (χ1) is 12.3. The van der Waals surface area contributed by atoms with E-state index in [1.165, 1.54) is 10.3 Å². The zero-order valence-electron chi connectivity index (χ0n) is 14.0. The van der Waals surface area contributed by atoms with Gasteiger partial charge in [0, 0.05) is 18.0 Å². The maximum Gasteiger partial charge on any atom is 0.183 e. The molecule has 4 rings (SSSR count). The van der Waals surface area contributed by atoms with Crippen LogP contribution in [0.25, 0.3) is 10.2 Å². The number of aliphatic imine (C=N–C) groups is 1. The van der Waals surface area contributed by atoms with Crippen molar-refractivity contribution in [3.8, 4) is 0 Å². The molecule has 4 nitrogen and oxygen atoms in total. The van der Waals surface area contributed by atoms with Gasteiger partial charge in [-0.25, -0.2) is 4.98 Å². The van der Waals surface area contributed by atoms with Gasteiger partial charge in [-0.3, -0.25) is 4.99 Å². The Morgan fingerprint density at radius 3 is 2.80 bits per heavy atom. The minimum Gasteiger partial charge on any atom is -0.361 e. The molecule has 0 saturated carbocycles. The SMILES string of the molecule is CC1CSC(Nc2ccccc2CCNc2nc3ccccc3s2)=N1. The predicted molar refractivity (Wildman–Crippen MR) is 111 cm³/mol. The van der Waals surface area contributed by atoms with Gasteiger partial charge in [0.25, 0.3) is 0 Å². The summed E-state index contributed by atoms with van der Waals surface area (Å²) < 4.78 is 1.22. The molecule has 0 saturated heterocycles. The van der Waals surface area contributed by atoms with Gasteiger partial charge in [-0.1, -0.05) is 53.4 Å². The van der Waals surface area contributed by atoms with E-state index in [2.05, 4.69) is 70.0 Å². The molecule has 25 heavy (non-hydrogen) atoms. The number of thioether (sulfide) groups is 1. The molecule has 6 heteroatoms. The Kier molecular flexibility index (Phi) is 4.90. The molecule has 2 aromatic carbocycles. The molecule has 0 radical (unpaired) electrons. The molecule has 3 aromatic rings. The Morgan fingerprint density at radius 2 is 1.96 bits per heavy atom. The van der Waals surface area contributed by atoms with Crippen LogP contribution in [0.2, 0.25) is 0 Å². The average molecular weight is 369 g/mol. The monoisotopic (exact) mass is 368 g/mol. The average Bonchev–Trinajstić information content (AvgIpc) is 3.22. The van der Waals surface area contributed by atoms with Crippen molar-refractivity contribution < 1.29 is 0 Å². The van der Waals surface area contributed by atoms with E-state index in [1.807, 2.05) is 6.07 Å². The number of aromatic nitrogens is 1. The fraction of sp³-hybridized carbons (Fsp3) is 0.263. The van der Waals surface area contributed by atoms with Crippen LogP contribution in [0.4, 0.5) is 10.8 Å². The summed E-state index contributed by atoms with van der Waals surface area (Å²) >= 11 is 3.49. The number of hydrogen-bond acceptors (Lipinski definition) is 6. The fourth-order valence-corrected chi connectivity index (χ4v) is 4.57. The molecule has 2 N–H and O–H groups in total. The van der Waals surface area contributed by atoms with Gasteiger partial charge < -0.3 is 10.6 Å². The highest BCUT2D eigenvalue weighted by Crippen LogP contribution is 2.26. The molecular weight excluding hydrogens is 348 g/mol. The number of anilines is 2. The highest BCUT2D eigenvalue weighted by Gasteiger charge is 2.14. The Morgan fingerprint density at radius 1 is 1.12 bits per heavy atom. The molecule has 1 aromatic heterocycles.